The van der Waals surface area contributed by atoms with E-state index >= 15 is 0 Å². The number of terminal acetylenes is 1. The number of benzene rings is 1. The number of rotatable bonds is 0. The third kappa shape index (κ3) is 2.23. The highest BCUT2D eigenvalue weighted by Gasteiger charge is 2.25. The molecule has 0 unspecified atom stereocenters. The molecular weight excluding hydrogens is 219 g/mol. The van der Waals surface area contributed by atoms with E-state index in [-0.39, 0.29) is 11.7 Å². The van der Waals surface area contributed by atoms with Crippen LogP contribution in [0.4, 0.5) is 15.8 Å². The van der Waals surface area contributed by atoms with Crippen molar-refractivity contribution in [1.82, 2.24) is 0 Å². The zero-order valence-electron chi connectivity index (χ0n) is 10.2. The molecule has 1 amide bonds. The Morgan fingerprint density at radius 1 is 1.24 bits per heavy atom. The van der Waals surface area contributed by atoms with E-state index in [1.807, 2.05) is 0 Å². The minimum atomic E-state index is -0.233. The summed E-state index contributed by atoms with van der Waals surface area (Å²) >= 11 is 0. The maximum Gasteiger partial charge on any atom is 0.246 e. The van der Waals surface area contributed by atoms with Crippen LogP contribution in [0, 0.1) is 25.6 Å². The van der Waals surface area contributed by atoms with E-state index in [0.29, 0.717) is 12.1 Å². The molecule has 0 aliphatic carbocycles. The van der Waals surface area contributed by atoms with Crippen molar-refractivity contribution in [1.29, 1.82) is 0 Å². The highest BCUT2D eigenvalue weighted by Crippen LogP contribution is 2.33. The van der Waals surface area contributed by atoms with Gasteiger partial charge in [-0.25, -0.2) is 4.39 Å². The van der Waals surface area contributed by atoms with Gasteiger partial charge in [-0.1, -0.05) is 0 Å². The van der Waals surface area contributed by atoms with Crippen LogP contribution in [0.3, 0.4) is 0 Å². The Morgan fingerprint density at radius 3 is 2.41 bits per heavy atom. The first-order valence-corrected chi connectivity index (χ1v) is 5.12. The number of carbonyl (C=O) groups is 1. The average Bonchev–Trinajstić information content (AvgIpc) is 2.31. The molecule has 1 aliphatic heterocycles. The van der Waals surface area contributed by atoms with Crippen LogP contribution in [0.5, 0.6) is 0 Å². The van der Waals surface area contributed by atoms with Gasteiger partial charge in [0.15, 0.2) is 0 Å². The molecule has 1 aromatic rings. The first-order chi connectivity index (χ1) is 8.00. The summed E-state index contributed by atoms with van der Waals surface area (Å²) in [6, 6.07) is 3.19. The van der Waals surface area contributed by atoms with Crippen molar-refractivity contribution in [3.05, 3.63) is 23.5 Å². The largest absolute Gasteiger partial charge is 0.363 e. The van der Waals surface area contributed by atoms with E-state index in [1.54, 1.807) is 36.9 Å². The number of nitrogens with zero attached hydrogens (tertiary/aromatic N) is 2. The Balaban J connectivity index is 0.000000686. The van der Waals surface area contributed by atoms with Crippen LogP contribution in [-0.2, 0) is 4.79 Å². The van der Waals surface area contributed by atoms with Gasteiger partial charge in [0.25, 0.3) is 0 Å². The molecule has 0 atom stereocenters. The second-order valence-corrected chi connectivity index (χ2v) is 3.90. The molecule has 0 radical (unpaired) electrons. The molecule has 0 saturated carbocycles. The lowest BCUT2D eigenvalue weighted by molar-refractivity contribution is -0.117. The van der Waals surface area contributed by atoms with E-state index in [4.69, 9.17) is 0 Å². The van der Waals surface area contributed by atoms with Crippen LogP contribution in [0.15, 0.2) is 12.1 Å². The zero-order chi connectivity index (χ0) is 13.2. The zero-order valence-corrected chi connectivity index (χ0v) is 10.2. The van der Waals surface area contributed by atoms with E-state index in [2.05, 4.69) is 12.8 Å². The van der Waals surface area contributed by atoms with Gasteiger partial charge in [0.2, 0.25) is 5.91 Å². The maximum absolute atomic E-state index is 13.4. The van der Waals surface area contributed by atoms with Crippen molar-refractivity contribution in [3.8, 4) is 12.8 Å². The van der Waals surface area contributed by atoms with Gasteiger partial charge < -0.3 is 9.80 Å². The normalized spacial score (nSPS) is 13.9. The third-order valence-corrected chi connectivity index (χ3v) is 2.77. The number of amides is 1. The van der Waals surface area contributed by atoms with Gasteiger partial charge in [0, 0.05) is 14.1 Å². The van der Waals surface area contributed by atoms with Crippen LogP contribution in [-0.4, -0.2) is 26.5 Å². The van der Waals surface area contributed by atoms with Gasteiger partial charge in [-0.05, 0) is 24.6 Å². The molecule has 1 aliphatic rings. The lowest BCUT2D eigenvalue weighted by atomic mass is 10.1. The first-order valence-electron chi connectivity index (χ1n) is 5.12. The number of hydrogen-bond donors (Lipinski definition) is 0. The van der Waals surface area contributed by atoms with Gasteiger partial charge >= 0.3 is 0 Å². The summed E-state index contributed by atoms with van der Waals surface area (Å²) in [5.74, 6) is -0.209. The van der Waals surface area contributed by atoms with Gasteiger partial charge in [0.1, 0.15) is 5.82 Å². The fourth-order valence-corrected chi connectivity index (χ4v) is 1.76. The Bertz CT molecular complexity index is 468. The highest BCUT2D eigenvalue weighted by atomic mass is 19.1. The van der Waals surface area contributed by atoms with E-state index in [9.17, 15) is 9.18 Å². The molecule has 2 rings (SSSR count). The molecule has 3 nitrogen and oxygen atoms in total. The second-order valence-electron chi connectivity index (χ2n) is 3.90. The van der Waals surface area contributed by atoms with Crippen molar-refractivity contribution in [3.63, 3.8) is 0 Å². The van der Waals surface area contributed by atoms with E-state index < -0.39 is 0 Å². The van der Waals surface area contributed by atoms with Gasteiger partial charge in [0.05, 0.1) is 17.9 Å². The number of carbonyl (C=O) groups excluding carboxylic acids is 1. The third-order valence-electron chi connectivity index (χ3n) is 2.77. The highest BCUT2D eigenvalue weighted by molar-refractivity contribution is 6.02. The number of likely N-dealkylation sites (N-methyl/N-ethyl adjacent to an activating group) is 2. The fourth-order valence-electron chi connectivity index (χ4n) is 1.76. The Morgan fingerprint density at radius 2 is 1.82 bits per heavy atom. The summed E-state index contributed by atoms with van der Waals surface area (Å²) in [5, 5.41) is 0. The fraction of sp³-hybridized carbons (Fsp3) is 0.308. The van der Waals surface area contributed by atoms with Crippen LogP contribution < -0.4 is 9.80 Å². The maximum atomic E-state index is 13.4. The van der Waals surface area contributed by atoms with Crippen molar-refractivity contribution in [2.24, 2.45) is 0 Å². The molecule has 0 N–H and O–H groups in total. The number of halogens is 1. The molecule has 0 bridgehead atoms. The molecule has 0 spiro atoms. The Hall–Kier alpha value is -2.02. The summed E-state index contributed by atoms with van der Waals surface area (Å²) in [6.07, 6.45) is 8.00. The second kappa shape index (κ2) is 4.88. The van der Waals surface area contributed by atoms with E-state index in [0.717, 1.165) is 11.4 Å². The van der Waals surface area contributed by atoms with Crippen LogP contribution in [0.1, 0.15) is 5.56 Å². The van der Waals surface area contributed by atoms with Gasteiger partial charge in [-0.3, -0.25) is 4.79 Å². The predicted octanol–water partition coefficient (Wildman–Crippen LogP) is 1.80. The molecule has 17 heavy (non-hydrogen) atoms. The SMILES string of the molecule is C#C.Cc1cc2c(cc1F)N(C)CC(=O)N2C. The van der Waals surface area contributed by atoms with Crippen molar-refractivity contribution in [2.75, 3.05) is 30.4 Å². The topological polar surface area (TPSA) is 23.6 Å². The Kier molecular flexibility index (Phi) is 3.74. The molecule has 0 fully saturated rings. The number of fused-ring (bicyclic) bond motifs is 1. The summed E-state index contributed by atoms with van der Waals surface area (Å²) in [6.45, 7) is 1.99. The molecule has 90 valence electrons. The van der Waals surface area contributed by atoms with E-state index in [1.165, 1.54) is 6.07 Å². The van der Waals surface area contributed by atoms with Crippen LogP contribution in [0.2, 0.25) is 0 Å². The average molecular weight is 234 g/mol. The van der Waals surface area contributed by atoms with Crippen molar-refractivity contribution in [2.45, 2.75) is 6.92 Å². The molecule has 1 heterocycles. The molecule has 0 saturated heterocycles. The quantitative estimate of drug-likeness (QED) is 0.639. The molecule has 4 heteroatoms. The summed E-state index contributed by atoms with van der Waals surface area (Å²) in [7, 11) is 3.50. The summed E-state index contributed by atoms with van der Waals surface area (Å²) < 4.78 is 13.4. The summed E-state index contributed by atoms with van der Waals surface area (Å²) in [5.41, 5.74) is 2.09. The molecule has 1 aromatic carbocycles. The van der Waals surface area contributed by atoms with Crippen LogP contribution in [0.25, 0.3) is 0 Å². The molecule has 0 aromatic heterocycles. The van der Waals surface area contributed by atoms with Gasteiger partial charge in [-0.15, -0.1) is 12.8 Å². The minimum absolute atomic E-state index is 0.0241. The number of anilines is 2. The van der Waals surface area contributed by atoms with Gasteiger partial charge in [-0.2, -0.15) is 0 Å². The van der Waals surface area contributed by atoms with Crippen molar-refractivity contribution < 1.29 is 9.18 Å². The smallest absolute Gasteiger partial charge is 0.246 e. The monoisotopic (exact) mass is 234 g/mol. The first kappa shape index (κ1) is 13.0. The lowest BCUT2D eigenvalue weighted by Gasteiger charge is -2.33. The number of aryl methyl sites for hydroxylation is 1. The van der Waals surface area contributed by atoms with Crippen LogP contribution >= 0.6 is 0 Å². The summed E-state index contributed by atoms with van der Waals surface area (Å²) in [4.78, 5) is 14.9. The Labute approximate surface area is 101 Å². The van der Waals surface area contributed by atoms with Crippen molar-refractivity contribution >= 4 is 17.3 Å². The minimum Gasteiger partial charge on any atom is -0.363 e. The molecular formula is C13H15FN2O. The number of hydrogen-bond acceptors (Lipinski definition) is 2. The lowest BCUT2D eigenvalue weighted by Crippen LogP contribution is -2.42. The predicted molar refractivity (Wildman–Crippen MR) is 67.7 cm³/mol. The standard InChI is InChI=1S/C11H13FN2O.C2H2/c1-7-4-10-9(5-8(7)12)13(2)6-11(15)14(10)3;1-2/h4-5H,6H2,1-3H3;1-2H.